The molecule has 0 bridgehead atoms. The number of hydrogen-bond acceptors (Lipinski definition) is 13. The molecular formula is C86H145NO13. The van der Waals surface area contributed by atoms with Gasteiger partial charge in [0, 0.05) is 6.42 Å². The maximum Gasteiger partial charge on any atom is 0.220 e. The van der Waals surface area contributed by atoms with E-state index < -0.39 is 86.8 Å². The summed E-state index contributed by atoms with van der Waals surface area (Å²) in [6.07, 6.45) is 86.3. The van der Waals surface area contributed by atoms with Crippen LogP contribution in [0, 0.1) is 0 Å². The van der Waals surface area contributed by atoms with E-state index in [0.717, 1.165) is 109 Å². The lowest BCUT2D eigenvalue weighted by molar-refractivity contribution is -0.359. The van der Waals surface area contributed by atoms with Crippen molar-refractivity contribution in [3.63, 3.8) is 0 Å². The quantitative estimate of drug-likeness (QED) is 0.0204. The van der Waals surface area contributed by atoms with Gasteiger partial charge in [-0.1, -0.05) is 333 Å². The molecule has 2 rings (SSSR count). The summed E-state index contributed by atoms with van der Waals surface area (Å²) in [6.45, 7) is 2.69. The molecule has 2 aliphatic rings. The summed E-state index contributed by atoms with van der Waals surface area (Å²) in [5.74, 6) is -0.274. The number of aliphatic hydroxyl groups is 8. The SMILES string of the molecule is CC/C=C\C/C=C\C/C=C\C/C=C\C/C=C\C/C=C\C/C=C\C/C=C\C/C=C\C/C=C\C/C=C\CCCCCC(=O)NC(COC1OC(CO)C(OC2OC(CO)C(O)C(O)C2O)C(O)C1O)C(O)/C=C/CCCCCCCCCCCCCCCCCCCCCCCCCCCCC. The Balaban J connectivity index is 1.67. The Kier molecular flexibility index (Phi) is 62.5. The highest BCUT2D eigenvalue weighted by atomic mass is 16.7. The van der Waals surface area contributed by atoms with Crippen LogP contribution in [-0.4, -0.2) is 140 Å². The van der Waals surface area contributed by atoms with Gasteiger partial charge in [-0.15, -0.1) is 0 Å². The number of unbranched alkanes of at least 4 members (excludes halogenated alkanes) is 30. The topological polar surface area (TPSA) is 228 Å². The van der Waals surface area contributed by atoms with Crippen LogP contribution in [0.4, 0.5) is 0 Å². The van der Waals surface area contributed by atoms with Gasteiger partial charge in [-0.05, 0) is 103 Å². The average Bonchev–Trinajstić information content (AvgIpc) is 0.791. The monoisotopic (exact) mass is 1400 g/mol. The molecule has 1 amide bonds. The van der Waals surface area contributed by atoms with Crippen LogP contribution in [0.5, 0.6) is 0 Å². The molecule has 0 aromatic heterocycles. The number of carbonyl (C=O) groups is 1. The second kappa shape index (κ2) is 68.0. The number of amides is 1. The summed E-state index contributed by atoms with van der Waals surface area (Å²) in [4.78, 5) is 13.4. The Hall–Kier alpha value is -4.13. The molecule has 100 heavy (non-hydrogen) atoms. The largest absolute Gasteiger partial charge is 0.394 e. The van der Waals surface area contributed by atoms with E-state index in [1.807, 2.05) is 6.08 Å². The van der Waals surface area contributed by atoms with Crippen molar-refractivity contribution in [2.45, 2.75) is 370 Å². The van der Waals surface area contributed by atoms with Crippen LogP contribution in [0.25, 0.3) is 0 Å². The van der Waals surface area contributed by atoms with E-state index in [1.165, 1.54) is 161 Å². The van der Waals surface area contributed by atoms with Crippen molar-refractivity contribution in [3.8, 4) is 0 Å². The number of aliphatic hydroxyl groups excluding tert-OH is 8. The third kappa shape index (κ3) is 50.3. The van der Waals surface area contributed by atoms with Gasteiger partial charge < -0.3 is 65.1 Å². The number of nitrogens with one attached hydrogen (secondary N) is 1. The van der Waals surface area contributed by atoms with Gasteiger partial charge in [0.25, 0.3) is 0 Å². The summed E-state index contributed by atoms with van der Waals surface area (Å²) in [6, 6.07) is -0.946. The Morgan fingerprint density at radius 1 is 0.370 bits per heavy atom. The van der Waals surface area contributed by atoms with Crippen molar-refractivity contribution in [3.05, 3.63) is 146 Å². The van der Waals surface area contributed by atoms with Gasteiger partial charge in [0.05, 0.1) is 32.0 Å². The smallest absolute Gasteiger partial charge is 0.220 e. The first-order valence-electron chi connectivity index (χ1n) is 40.1. The minimum Gasteiger partial charge on any atom is -0.394 e. The van der Waals surface area contributed by atoms with E-state index in [1.54, 1.807) is 6.08 Å². The van der Waals surface area contributed by atoms with Crippen molar-refractivity contribution >= 4 is 5.91 Å². The lowest BCUT2D eigenvalue weighted by Crippen LogP contribution is -2.65. The van der Waals surface area contributed by atoms with Crippen LogP contribution < -0.4 is 5.32 Å². The highest BCUT2D eigenvalue weighted by Crippen LogP contribution is 2.30. The second-order valence-electron chi connectivity index (χ2n) is 27.5. The lowest BCUT2D eigenvalue weighted by atomic mass is 9.97. The van der Waals surface area contributed by atoms with Crippen LogP contribution in [0.1, 0.15) is 296 Å². The van der Waals surface area contributed by atoms with E-state index in [9.17, 15) is 45.6 Å². The number of carbonyl (C=O) groups excluding carboxylic acids is 1. The Labute approximate surface area is 608 Å². The first-order chi connectivity index (χ1) is 49.1. The summed E-state index contributed by atoms with van der Waals surface area (Å²) in [5, 5.41) is 87.7. The summed E-state index contributed by atoms with van der Waals surface area (Å²) in [5.41, 5.74) is 0. The highest BCUT2D eigenvalue weighted by molar-refractivity contribution is 5.76. The Bertz CT molecular complexity index is 2250. The fraction of sp³-hybridized carbons (Fsp3) is 0.709. The third-order valence-electron chi connectivity index (χ3n) is 18.5. The summed E-state index contributed by atoms with van der Waals surface area (Å²) >= 11 is 0. The van der Waals surface area contributed by atoms with E-state index >= 15 is 0 Å². The van der Waals surface area contributed by atoms with E-state index in [2.05, 4.69) is 153 Å². The molecule has 2 aliphatic heterocycles. The normalized spacial score (nSPS) is 22.7. The molecule has 14 nitrogen and oxygen atoms in total. The van der Waals surface area contributed by atoms with Gasteiger partial charge in [0.15, 0.2) is 12.6 Å². The van der Waals surface area contributed by atoms with Crippen LogP contribution >= 0.6 is 0 Å². The van der Waals surface area contributed by atoms with E-state index in [-0.39, 0.29) is 18.9 Å². The van der Waals surface area contributed by atoms with Crippen molar-refractivity contribution < 1.29 is 64.6 Å². The molecule has 0 saturated carbocycles. The van der Waals surface area contributed by atoms with Gasteiger partial charge in [-0.25, -0.2) is 0 Å². The second-order valence-corrected chi connectivity index (χ2v) is 27.5. The fourth-order valence-electron chi connectivity index (χ4n) is 12.2. The van der Waals surface area contributed by atoms with Crippen molar-refractivity contribution in [1.82, 2.24) is 5.32 Å². The standard InChI is InChI=1S/C86H145NO13/c1-3-5-7-9-11-13-15-17-19-21-23-25-27-29-31-33-34-35-36-37-38-39-40-42-44-46-48-50-52-54-56-58-60-62-64-66-68-70-78(91)87-74(73-97-85-83(96)81(94)84(77(72-89)99-85)100-86-82(95)80(93)79(92)76(71-88)98-86)75(90)69-67-65-63-61-59-57-55-53-51-49-47-45-43-41-32-30-28-26-24-22-20-18-16-14-12-10-8-6-4-2/h5,7,11,13,17,19,23,25,29,31,34-35,37-38,40,42,46,48,52,54,58,60,67,69,74-77,79-86,88-90,92-96H,3-4,6,8-10,12,14-16,18,20-22,24,26-28,30,32-33,36,39,41,43-45,47,49-51,53,55-57,59,61-66,68,70-73H2,1-2H3,(H,87,91)/b7-5-,13-11-,19-17-,25-23-,31-29-,35-34-,38-37-,42-40-,48-46-,54-52-,60-58-,69-67+. The fourth-order valence-corrected chi connectivity index (χ4v) is 12.2. The zero-order valence-electron chi connectivity index (χ0n) is 62.6. The molecule has 9 N–H and O–H groups in total. The van der Waals surface area contributed by atoms with Gasteiger partial charge in [0.1, 0.15) is 48.8 Å². The predicted molar refractivity (Wildman–Crippen MR) is 414 cm³/mol. The molecule has 12 atom stereocenters. The number of allylic oxidation sites excluding steroid dienone is 23. The Morgan fingerprint density at radius 2 is 0.690 bits per heavy atom. The minimum atomic E-state index is -1.80. The van der Waals surface area contributed by atoms with Crippen molar-refractivity contribution in [2.24, 2.45) is 0 Å². The van der Waals surface area contributed by atoms with Gasteiger partial charge in [-0.3, -0.25) is 4.79 Å². The minimum absolute atomic E-state index is 0.232. The van der Waals surface area contributed by atoms with E-state index in [0.29, 0.717) is 6.42 Å². The van der Waals surface area contributed by atoms with Crippen LogP contribution in [0.3, 0.4) is 0 Å². The van der Waals surface area contributed by atoms with Gasteiger partial charge in [-0.2, -0.15) is 0 Å². The molecule has 0 radical (unpaired) electrons. The molecule has 0 aromatic carbocycles. The number of rotatable bonds is 65. The first kappa shape index (κ1) is 92.0. The molecule has 2 saturated heterocycles. The van der Waals surface area contributed by atoms with E-state index in [4.69, 9.17) is 18.9 Å². The maximum atomic E-state index is 13.4. The van der Waals surface area contributed by atoms with Crippen LogP contribution in [-0.2, 0) is 23.7 Å². The maximum absolute atomic E-state index is 13.4. The van der Waals surface area contributed by atoms with Gasteiger partial charge >= 0.3 is 0 Å². The molecule has 14 heteroatoms. The van der Waals surface area contributed by atoms with Crippen molar-refractivity contribution in [2.75, 3.05) is 19.8 Å². The third-order valence-corrected chi connectivity index (χ3v) is 18.5. The zero-order chi connectivity index (χ0) is 72.2. The lowest BCUT2D eigenvalue weighted by Gasteiger charge is -2.46. The molecule has 0 aromatic rings. The zero-order valence-corrected chi connectivity index (χ0v) is 62.6. The molecule has 572 valence electrons. The summed E-state index contributed by atoms with van der Waals surface area (Å²) in [7, 11) is 0. The Morgan fingerprint density at radius 3 is 1.06 bits per heavy atom. The molecule has 12 unspecified atom stereocenters. The van der Waals surface area contributed by atoms with Crippen LogP contribution in [0.2, 0.25) is 0 Å². The molecule has 0 spiro atoms. The summed E-state index contributed by atoms with van der Waals surface area (Å²) < 4.78 is 22.9. The number of ether oxygens (including phenoxy) is 4. The van der Waals surface area contributed by atoms with Crippen LogP contribution in [0.15, 0.2) is 146 Å². The average molecular weight is 1400 g/mol. The molecule has 2 fully saturated rings. The van der Waals surface area contributed by atoms with Gasteiger partial charge in [0.2, 0.25) is 5.91 Å². The molecular weight excluding hydrogens is 1250 g/mol. The predicted octanol–water partition coefficient (Wildman–Crippen LogP) is 18.4. The van der Waals surface area contributed by atoms with Crippen molar-refractivity contribution in [1.29, 1.82) is 0 Å². The highest BCUT2D eigenvalue weighted by Gasteiger charge is 2.51. The first-order valence-corrected chi connectivity index (χ1v) is 40.1. The number of hydrogen-bond donors (Lipinski definition) is 9. The molecule has 2 heterocycles. The molecule has 0 aliphatic carbocycles.